The Hall–Kier alpha value is -1.16. The predicted molar refractivity (Wildman–Crippen MR) is 74.7 cm³/mol. The van der Waals surface area contributed by atoms with Gasteiger partial charge < -0.3 is 0 Å². The lowest BCUT2D eigenvalue weighted by molar-refractivity contribution is 0.582. The summed E-state index contributed by atoms with van der Waals surface area (Å²) in [6.07, 6.45) is 1.82. The first-order valence-corrected chi connectivity index (χ1v) is 6.60. The Bertz CT molecular complexity index is 582. The third kappa shape index (κ3) is 2.34. The van der Waals surface area contributed by atoms with Crippen LogP contribution in [-0.2, 0) is 5.41 Å². The number of nitrogens with zero attached hydrogens (tertiary/aromatic N) is 2. The quantitative estimate of drug-likeness (QED) is 0.764. The van der Waals surface area contributed by atoms with E-state index in [-0.39, 0.29) is 11.2 Å². The number of aromatic nitrogens is 2. The van der Waals surface area contributed by atoms with Gasteiger partial charge in [0.15, 0.2) is 0 Å². The molecule has 18 heavy (non-hydrogen) atoms. The van der Waals surface area contributed by atoms with Crippen molar-refractivity contribution in [3.8, 4) is 5.69 Å². The summed E-state index contributed by atoms with van der Waals surface area (Å²) in [6.45, 7) is 8.34. The lowest BCUT2D eigenvalue weighted by Crippen LogP contribution is -2.12. The van der Waals surface area contributed by atoms with E-state index in [4.69, 9.17) is 0 Å². The van der Waals surface area contributed by atoms with Gasteiger partial charge in [-0.3, -0.25) is 0 Å². The van der Waals surface area contributed by atoms with Gasteiger partial charge in [-0.25, -0.2) is 9.07 Å². The zero-order chi connectivity index (χ0) is 13.5. The fraction of sp³-hybridized carbons (Fsp3) is 0.357. The van der Waals surface area contributed by atoms with E-state index in [9.17, 15) is 4.39 Å². The summed E-state index contributed by atoms with van der Waals surface area (Å²) in [5.74, 6) is -0.281. The van der Waals surface area contributed by atoms with Crippen molar-refractivity contribution in [3.05, 3.63) is 45.9 Å². The van der Waals surface area contributed by atoms with Crippen molar-refractivity contribution in [1.29, 1.82) is 0 Å². The van der Waals surface area contributed by atoms with Gasteiger partial charge in [0.1, 0.15) is 11.5 Å². The maximum atomic E-state index is 13.9. The standard InChI is InChI=1S/C14H16BrFN2/c1-9-11(14(2,3)4)8-17-18(9)13-6-5-10(15)7-12(13)16/h5-8H,1-4H3. The molecule has 0 bridgehead atoms. The monoisotopic (exact) mass is 310 g/mol. The smallest absolute Gasteiger partial charge is 0.149 e. The molecule has 0 amide bonds. The van der Waals surface area contributed by atoms with Crippen LogP contribution in [0.2, 0.25) is 0 Å². The maximum absolute atomic E-state index is 13.9. The molecule has 2 rings (SSSR count). The Morgan fingerprint density at radius 3 is 2.44 bits per heavy atom. The van der Waals surface area contributed by atoms with E-state index in [1.807, 2.05) is 19.2 Å². The molecule has 96 valence electrons. The number of rotatable bonds is 1. The highest BCUT2D eigenvalue weighted by Gasteiger charge is 2.21. The average Bonchev–Trinajstić information content (AvgIpc) is 2.60. The van der Waals surface area contributed by atoms with Crippen molar-refractivity contribution in [3.63, 3.8) is 0 Å². The lowest BCUT2D eigenvalue weighted by Gasteiger charge is -2.18. The minimum atomic E-state index is -0.281. The van der Waals surface area contributed by atoms with Crippen LogP contribution in [0.25, 0.3) is 5.69 Å². The number of benzene rings is 1. The van der Waals surface area contributed by atoms with Crippen molar-refractivity contribution in [2.75, 3.05) is 0 Å². The second kappa shape index (κ2) is 4.50. The van der Waals surface area contributed by atoms with Gasteiger partial charge >= 0.3 is 0 Å². The minimum Gasteiger partial charge on any atom is -0.235 e. The Morgan fingerprint density at radius 2 is 1.94 bits per heavy atom. The van der Waals surface area contributed by atoms with Gasteiger partial charge in [0.2, 0.25) is 0 Å². The number of hydrogen-bond donors (Lipinski definition) is 0. The molecule has 0 N–H and O–H groups in total. The first kappa shape index (κ1) is 13.3. The molecule has 0 aliphatic carbocycles. The molecule has 2 aromatic rings. The molecule has 0 spiro atoms. The van der Waals surface area contributed by atoms with E-state index in [0.717, 1.165) is 15.7 Å². The molecule has 2 nitrogen and oxygen atoms in total. The molecular weight excluding hydrogens is 295 g/mol. The third-order valence-electron chi connectivity index (χ3n) is 2.96. The van der Waals surface area contributed by atoms with Crippen molar-refractivity contribution < 1.29 is 4.39 Å². The molecule has 1 aromatic heterocycles. The summed E-state index contributed by atoms with van der Waals surface area (Å²) < 4.78 is 16.3. The summed E-state index contributed by atoms with van der Waals surface area (Å²) in [5.41, 5.74) is 2.59. The van der Waals surface area contributed by atoms with Crippen LogP contribution in [0.15, 0.2) is 28.9 Å². The summed E-state index contributed by atoms with van der Waals surface area (Å²) >= 11 is 3.25. The second-order valence-electron chi connectivity index (χ2n) is 5.40. The fourth-order valence-electron chi connectivity index (χ4n) is 2.04. The van der Waals surface area contributed by atoms with Crippen molar-refractivity contribution in [1.82, 2.24) is 9.78 Å². The first-order chi connectivity index (χ1) is 8.30. The Morgan fingerprint density at radius 1 is 1.28 bits per heavy atom. The fourth-order valence-corrected chi connectivity index (χ4v) is 2.38. The van der Waals surface area contributed by atoms with Crippen molar-refractivity contribution in [2.24, 2.45) is 0 Å². The van der Waals surface area contributed by atoms with Crippen LogP contribution < -0.4 is 0 Å². The SMILES string of the molecule is Cc1c(C(C)(C)C)cnn1-c1ccc(Br)cc1F. The molecule has 0 saturated carbocycles. The molecule has 0 aliphatic rings. The van der Waals surface area contributed by atoms with Crippen LogP contribution >= 0.6 is 15.9 Å². The van der Waals surface area contributed by atoms with Gasteiger partial charge in [0, 0.05) is 10.2 Å². The lowest BCUT2D eigenvalue weighted by atomic mass is 9.87. The highest BCUT2D eigenvalue weighted by atomic mass is 79.9. The van der Waals surface area contributed by atoms with Crippen LogP contribution in [0, 0.1) is 12.7 Å². The molecule has 1 aromatic carbocycles. The van der Waals surface area contributed by atoms with Gasteiger partial charge in [-0.1, -0.05) is 36.7 Å². The van der Waals surface area contributed by atoms with Crippen LogP contribution in [0.1, 0.15) is 32.0 Å². The molecule has 4 heteroatoms. The van der Waals surface area contributed by atoms with Crippen molar-refractivity contribution in [2.45, 2.75) is 33.1 Å². The van der Waals surface area contributed by atoms with E-state index in [2.05, 4.69) is 41.8 Å². The third-order valence-corrected chi connectivity index (χ3v) is 3.45. The largest absolute Gasteiger partial charge is 0.235 e. The van der Waals surface area contributed by atoms with Crippen LogP contribution in [0.5, 0.6) is 0 Å². The normalized spacial score (nSPS) is 11.9. The second-order valence-corrected chi connectivity index (χ2v) is 6.32. The molecular formula is C14H16BrFN2. The van der Waals surface area contributed by atoms with Gasteiger partial charge in [0.25, 0.3) is 0 Å². The molecule has 0 atom stereocenters. The molecule has 0 fully saturated rings. The topological polar surface area (TPSA) is 17.8 Å². The number of hydrogen-bond acceptors (Lipinski definition) is 1. The van der Waals surface area contributed by atoms with E-state index < -0.39 is 0 Å². The van der Waals surface area contributed by atoms with Gasteiger partial charge in [-0.05, 0) is 36.1 Å². The Kier molecular flexibility index (Phi) is 3.32. The molecule has 0 unspecified atom stereocenters. The van der Waals surface area contributed by atoms with Crippen LogP contribution in [-0.4, -0.2) is 9.78 Å². The molecule has 0 saturated heterocycles. The van der Waals surface area contributed by atoms with Gasteiger partial charge in [-0.2, -0.15) is 5.10 Å². The predicted octanol–water partition coefficient (Wildman–Crippen LogP) is 4.38. The van der Waals surface area contributed by atoms with Crippen molar-refractivity contribution >= 4 is 15.9 Å². The number of halogens is 2. The zero-order valence-electron chi connectivity index (χ0n) is 11.0. The maximum Gasteiger partial charge on any atom is 0.149 e. The van der Waals surface area contributed by atoms with E-state index >= 15 is 0 Å². The summed E-state index contributed by atoms with van der Waals surface area (Å²) in [6, 6.07) is 5.00. The van der Waals surface area contributed by atoms with Gasteiger partial charge in [0.05, 0.1) is 6.20 Å². The van der Waals surface area contributed by atoms with Crippen LogP contribution in [0.3, 0.4) is 0 Å². The highest BCUT2D eigenvalue weighted by molar-refractivity contribution is 9.10. The zero-order valence-corrected chi connectivity index (χ0v) is 12.5. The Balaban J connectivity index is 2.56. The van der Waals surface area contributed by atoms with Gasteiger partial charge in [-0.15, -0.1) is 0 Å². The molecule has 1 heterocycles. The molecule has 0 aliphatic heterocycles. The minimum absolute atomic E-state index is 0.00811. The van der Waals surface area contributed by atoms with E-state index in [1.165, 1.54) is 6.07 Å². The summed E-state index contributed by atoms with van der Waals surface area (Å²) in [5, 5.41) is 4.30. The first-order valence-electron chi connectivity index (χ1n) is 5.81. The summed E-state index contributed by atoms with van der Waals surface area (Å²) in [7, 11) is 0. The van der Waals surface area contributed by atoms with E-state index in [1.54, 1.807) is 10.7 Å². The summed E-state index contributed by atoms with van der Waals surface area (Å²) in [4.78, 5) is 0. The highest BCUT2D eigenvalue weighted by Crippen LogP contribution is 2.27. The average molecular weight is 311 g/mol. The Labute approximate surface area is 115 Å². The van der Waals surface area contributed by atoms with E-state index in [0.29, 0.717) is 5.69 Å². The van der Waals surface area contributed by atoms with Crippen LogP contribution in [0.4, 0.5) is 4.39 Å². The molecule has 0 radical (unpaired) electrons.